The third kappa shape index (κ3) is 2.60. The first-order chi connectivity index (χ1) is 9.65. The van der Waals surface area contributed by atoms with E-state index in [-0.39, 0.29) is 5.92 Å². The number of fused-ring (bicyclic) bond motifs is 1. The van der Waals surface area contributed by atoms with E-state index >= 15 is 0 Å². The number of rotatable bonds is 2. The maximum Gasteiger partial charge on any atom is 0.226 e. The molecule has 0 saturated heterocycles. The molecule has 0 spiro atoms. The van der Waals surface area contributed by atoms with Gasteiger partial charge in [-0.3, -0.25) is 4.79 Å². The lowest BCUT2D eigenvalue weighted by Gasteiger charge is -2.34. The van der Waals surface area contributed by atoms with Crippen LogP contribution in [0.2, 0.25) is 0 Å². The van der Waals surface area contributed by atoms with Crippen LogP contribution >= 0.6 is 0 Å². The van der Waals surface area contributed by atoms with E-state index in [0.717, 1.165) is 25.1 Å². The lowest BCUT2D eigenvalue weighted by atomic mass is 9.87. The number of imidazole rings is 1. The van der Waals surface area contributed by atoms with E-state index in [1.54, 1.807) is 0 Å². The van der Waals surface area contributed by atoms with Crippen molar-refractivity contribution in [2.24, 2.45) is 5.92 Å². The van der Waals surface area contributed by atoms with E-state index in [2.05, 4.69) is 9.97 Å². The van der Waals surface area contributed by atoms with Crippen LogP contribution in [0.1, 0.15) is 55.7 Å². The van der Waals surface area contributed by atoms with Crippen molar-refractivity contribution in [3.8, 4) is 0 Å². The summed E-state index contributed by atoms with van der Waals surface area (Å²) in [4.78, 5) is 22.6. The van der Waals surface area contributed by atoms with Crippen molar-refractivity contribution in [1.82, 2.24) is 14.9 Å². The van der Waals surface area contributed by atoms with Crippen LogP contribution in [0.15, 0.2) is 0 Å². The standard InChI is InChI=1S/C16H25N3O/c1-11-17-14-9-8-12(10-15(14)18-11)16(20)19(2)13-6-4-3-5-7-13/h12-13H,3-10H2,1-2H3,(H,17,18). The van der Waals surface area contributed by atoms with E-state index in [1.165, 1.54) is 43.5 Å². The maximum absolute atomic E-state index is 12.7. The zero-order valence-electron chi connectivity index (χ0n) is 12.6. The number of aryl methyl sites for hydroxylation is 2. The zero-order valence-corrected chi connectivity index (χ0v) is 12.6. The van der Waals surface area contributed by atoms with Gasteiger partial charge in [0, 0.05) is 31.1 Å². The fraction of sp³-hybridized carbons (Fsp3) is 0.750. The maximum atomic E-state index is 12.7. The van der Waals surface area contributed by atoms with Crippen molar-refractivity contribution >= 4 is 5.91 Å². The Kier molecular flexibility index (Phi) is 3.81. The van der Waals surface area contributed by atoms with Crippen molar-refractivity contribution in [1.29, 1.82) is 0 Å². The molecule has 0 bridgehead atoms. The Labute approximate surface area is 121 Å². The summed E-state index contributed by atoms with van der Waals surface area (Å²) in [6, 6.07) is 0.473. The molecule has 1 aromatic heterocycles. The van der Waals surface area contributed by atoms with Crippen LogP contribution in [0.5, 0.6) is 0 Å². The molecule has 110 valence electrons. The Hall–Kier alpha value is -1.32. The molecule has 20 heavy (non-hydrogen) atoms. The molecule has 4 nitrogen and oxygen atoms in total. The van der Waals surface area contributed by atoms with Crippen LogP contribution in [-0.2, 0) is 17.6 Å². The highest BCUT2D eigenvalue weighted by molar-refractivity contribution is 5.79. The summed E-state index contributed by atoms with van der Waals surface area (Å²) in [5.74, 6) is 1.47. The highest BCUT2D eigenvalue weighted by atomic mass is 16.2. The van der Waals surface area contributed by atoms with Crippen molar-refractivity contribution in [2.75, 3.05) is 7.05 Å². The summed E-state index contributed by atoms with van der Waals surface area (Å²) in [6.45, 7) is 1.99. The molecular formula is C16H25N3O. The Morgan fingerprint density at radius 1 is 1.25 bits per heavy atom. The molecule has 1 heterocycles. The van der Waals surface area contributed by atoms with Gasteiger partial charge in [0.2, 0.25) is 5.91 Å². The molecule has 1 fully saturated rings. The van der Waals surface area contributed by atoms with Gasteiger partial charge in [0.05, 0.1) is 5.69 Å². The Bertz CT molecular complexity index is 488. The summed E-state index contributed by atoms with van der Waals surface area (Å²) in [6.07, 6.45) is 8.98. The number of hydrogen-bond donors (Lipinski definition) is 1. The molecule has 1 N–H and O–H groups in total. The van der Waals surface area contributed by atoms with Crippen molar-refractivity contribution < 1.29 is 4.79 Å². The van der Waals surface area contributed by atoms with Gasteiger partial charge in [-0.25, -0.2) is 4.98 Å². The predicted octanol–water partition coefficient (Wildman–Crippen LogP) is 2.61. The third-order valence-corrected chi connectivity index (χ3v) is 4.98. The molecule has 3 rings (SSSR count). The highest BCUT2D eigenvalue weighted by Gasteiger charge is 2.31. The first kappa shape index (κ1) is 13.7. The summed E-state index contributed by atoms with van der Waals surface area (Å²) in [7, 11) is 2.01. The second kappa shape index (κ2) is 5.58. The number of carbonyl (C=O) groups excluding carboxylic acids is 1. The van der Waals surface area contributed by atoms with Crippen LogP contribution in [0, 0.1) is 12.8 Å². The Balaban J connectivity index is 1.65. The lowest BCUT2D eigenvalue weighted by Crippen LogP contribution is -2.43. The lowest BCUT2D eigenvalue weighted by molar-refractivity contribution is -0.137. The van der Waals surface area contributed by atoms with E-state index < -0.39 is 0 Å². The molecule has 4 heteroatoms. The minimum absolute atomic E-state index is 0.147. The fourth-order valence-corrected chi connectivity index (χ4v) is 3.77. The molecule has 1 aromatic rings. The van der Waals surface area contributed by atoms with Crippen LogP contribution in [0.25, 0.3) is 0 Å². The molecule has 1 amide bonds. The van der Waals surface area contributed by atoms with Gasteiger partial charge in [-0.15, -0.1) is 0 Å². The molecule has 1 saturated carbocycles. The van der Waals surface area contributed by atoms with Gasteiger partial charge in [0.25, 0.3) is 0 Å². The van der Waals surface area contributed by atoms with Gasteiger partial charge >= 0.3 is 0 Å². The Morgan fingerprint density at radius 3 is 2.75 bits per heavy atom. The average Bonchev–Trinajstić information content (AvgIpc) is 2.85. The largest absolute Gasteiger partial charge is 0.346 e. The number of nitrogens with one attached hydrogen (secondary N) is 1. The van der Waals surface area contributed by atoms with Gasteiger partial charge in [-0.1, -0.05) is 19.3 Å². The number of H-pyrrole nitrogens is 1. The number of aromatic nitrogens is 2. The van der Waals surface area contributed by atoms with Crippen molar-refractivity contribution in [3.05, 3.63) is 17.2 Å². The summed E-state index contributed by atoms with van der Waals surface area (Å²) < 4.78 is 0. The van der Waals surface area contributed by atoms with Crippen LogP contribution in [0.3, 0.4) is 0 Å². The summed E-state index contributed by atoms with van der Waals surface area (Å²) in [5.41, 5.74) is 2.36. The monoisotopic (exact) mass is 275 g/mol. The van der Waals surface area contributed by atoms with Crippen LogP contribution < -0.4 is 0 Å². The molecule has 0 radical (unpaired) electrons. The minimum Gasteiger partial charge on any atom is -0.346 e. The first-order valence-electron chi connectivity index (χ1n) is 7.96. The second-order valence-corrected chi connectivity index (χ2v) is 6.43. The van der Waals surface area contributed by atoms with Crippen molar-refractivity contribution in [3.63, 3.8) is 0 Å². The number of carbonyl (C=O) groups is 1. The van der Waals surface area contributed by atoms with Gasteiger partial charge < -0.3 is 9.88 Å². The number of aromatic amines is 1. The third-order valence-electron chi connectivity index (χ3n) is 4.98. The number of nitrogens with zero attached hydrogens (tertiary/aromatic N) is 2. The topological polar surface area (TPSA) is 49.0 Å². The highest BCUT2D eigenvalue weighted by Crippen LogP contribution is 2.28. The van der Waals surface area contributed by atoms with Crippen LogP contribution in [-0.4, -0.2) is 33.9 Å². The number of hydrogen-bond acceptors (Lipinski definition) is 2. The van der Waals surface area contributed by atoms with E-state index in [4.69, 9.17) is 0 Å². The molecular weight excluding hydrogens is 250 g/mol. The SMILES string of the molecule is Cc1nc2c([nH]1)CC(C(=O)N(C)C1CCCCC1)CC2. The molecule has 2 aliphatic rings. The summed E-state index contributed by atoms with van der Waals surface area (Å²) in [5, 5.41) is 0. The molecule has 1 atom stereocenters. The Morgan fingerprint density at radius 2 is 2.00 bits per heavy atom. The number of amides is 1. The van der Waals surface area contributed by atoms with Gasteiger partial charge in [0.15, 0.2) is 0 Å². The first-order valence-corrected chi connectivity index (χ1v) is 7.96. The van der Waals surface area contributed by atoms with Crippen molar-refractivity contribution in [2.45, 2.75) is 64.3 Å². The quantitative estimate of drug-likeness (QED) is 0.902. The van der Waals surface area contributed by atoms with E-state index in [9.17, 15) is 4.79 Å². The zero-order chi connectivity index (χ0) is 14.1. The van der Waals surface area contributed by atoms with E-state index in [1.807, 2.05) is 18.9 Å². The second-order valence-electron chi connectivity index (χ2n) is 6.43. The minimum atomic E-state index is 0.147. The normalized spacial score (nSPS) is 23.4. The predicted molar refractivity (Wildman–Crippen MR) is 78.5 cm³/mol. The fourth-order valence-electron chi connectivity index (χ4n) is 3.77. The van der Waals surface area contributed by atoms with Gasteiger partial charge in [-0.05, 0) is 32.6 Å². The summed E-state index contributed by atoms with van der Waals surface area (Å²) >= 11 is 0. The molecule has 0 aromatic carbocycles. The molecule has 1 unspecified atom stereocenters. The average molecular weight is 275 g/mol. The van der Waals surface area contributed by atoms with Gasteiger partial charge in [0.1, 0.15) is 5.82 Å². The van der Waals surface area contributed by atoms with Crippen LogP contribution in [0.4, 0.5) is 0 Å². The molecule has 2 aliphatic carbocycles. The molecule has 0 aliphatic heterocycles. The van der Waals surface area contributed by atoms with Gasteiger partial charge in [-0.2, -0.15) is 0 Å². The smallest absolute Gasteiger partial charge is 0.226 e. The van der Waals surface area contributed by atoms with E-state index in [0.29, 0.717) is 11.9 Å².